The first-order valence-electron chi connectivity index (χ1n) is 6.20. The van der Waals surface area contributed by atoms with Crippen LogP contribution in [0.5, 0.6) is 0 Å². The van der Waals surface area contributed by atoms with E-state index in [-0.39, 0.29) is 5.02 Å². The Morgan fingerprint density at radius 3 is 2.55 bits per heavy atom. The van der Waals surface area contributed by atoms with Gasteiger partial charge in [-0.05, 0) is 49.5 Å². The molecule has 20 heavy (non-hydrogen) atoms. The summed E-state index contributed by atoms with van der Waals surface area (Å²) < 4.78 is 13.1. The van der Waals surface area contributed by atoms with Crippen molar-refractivity contribution in [3.8, 4) is 0 Å². The first-order chi connectivity index (χ1) is 9.61. The molecule has 0 fully saturated rings. The Morgan fingerprint density at radius 2 is 1.95 bits per heavy atom. The van der Waals surface area contributed by atoms with Gasteiger partial charge in [0.15, 0.2) is 5.11 Å². The molecule has 0 aromatic heterocycles. The van der Waals surface area contributed by atoms with Gasteiger partial charge in [-0.3, -0.25) is 0 Å². The summed E-state index contributed by atoms with van der Waals surface area (Å²) in [5.41, 5.74) is 1.66. The van der Waals surface area contributed by atoms with Crippen LogP contribution in [-0.4, -0.2) is 11.7 Å². The highest BCUT2D eigenvalue weighted by Gasteiger charge is 2.10. The van der Waals surface area contributed by atoms with E-state index in [1.54, 1.807) is 6.07 Å². The minimum Gasteiger partial charge on any atom is -0.332 e. The first-order valence-corrected chi connectivity index (χ1v) is 6.99. The quantitative estimate of drug-likeness (QED) is 0.827. The van der Waals surface area contributed by atoms with Crippen LogP contribution >= 0.6 is 23.8 Å². The summed E-state index contributed by atoms with van der Waals surface area (Å²) in [6, 6.07) is 14.3. The molecule has 0 aliphatic heterocycles. The second kappa shape index (κ2) is 6.68. The molecule has 0 spiro atoms. The van der Waals surface area contributed by atoms with Crippen molar-refractivity contribution >= 4 is 40.3 Å². The third kappa shape index (κ3) is 3.46. The maximum Gasteiger partial charge on any atom is 0.177 e. The summed E-state index contributed by atoms with van der Waals surface area (Å²) in [4.78, 5) is 1.95. The highest BCUT2D eigenvalue weighted by atomic mass is 35.5. The summed E-state index contributed by atoms with van der Waals surface area (Å²) >= 11 is 11.1. The molecule has 0 unspecified atom stereocenters. The molecule has 0 heterocycles. The number of anilines is 2. The molecule has 5 heteroatoms. The molecule has 2 aromatic rings. The maximum absolute atomic E-state index is 13.1. The number of para-hydroxylation sites is 1. The van der Waals surface area contributed by atoms with E-state index in [1.807, 2.05) is 42.2 Å². The smallest absolute Gasteiger partial charge is 0.177 e. The number of rotatable bonds is 3. The summed E-state index contributed by atoms with van der Waals surface area (Å²) in [5, 5.41) is 3.68. The van der Waals surface area contributed by atoms with Gasteiger partial charge in [-0.15, -0.1) is 0 Å². The van der Waals surface area contributed by atoms with E-state index >= 15 is 0 Å². The van der Waals surface area contributed by atoms with Gasteiger partial charge in [0.2, 0.25) is 0 Å². The van der Waals surface area contributed by atoms with Gasteiger partial charge in [0.1, 0.15) is 5.82 Å². The van der Waals surface area contributed by atoms with E-state index in [9.17, 15) is 4.39 Å². The van der Waals surface area contributed by atoms with Crippen LogP contribution in [0.25, 0.3) is 0 Å². The van der Waals surface area contributed by atoms with Gasteiger partial charge in [-0.1, -0.05) is 29.8 Å². The number of hydrogen-bond donors (Lipinski definition) is 1. The van der Waals surface area contributed by atoms with Crippen LogP contribution in [-0.2, 0) is 0 Å². The van der Waals surface area contributed by atoms with Crippen LogP contribution in [0.3, 0.4) is 0 Å². The molecule has 0 saturated heterocycles. The van der Waals surface area contributed by atoms with Crippen LogP contribution in [0.2, 0.25) is 5.02 Å². The molecule has 0 aliphatic rings. The summed E-state index contributed by atoms with van der Waals surface area (Å²) in [5.74, 6) is -0.446. The van der Waals surface area contributed by atoms with E-state index in [4.69, 9.17) is 23.8 Å². The summed E-state index contributed by atoms with van der Waals surface area (Å²) in [7, 11) is 0. The lowest BCUT2D eigenvalue weighted by atomic mass is 10.3. The minimum atomic E-state index is -0.446. The van der Waals surface area contributed by atoms with Gasteiger partial charge < -0.3 is 10.2 Å². The standard InChI is InChI=1S/C15H14ClFN2S/c1-2-19(12-6-4-3-5-7-12)15(20)18-11-8-9-14(17)13(16)10-11/h3-10H,2H2,1H3,(H,18,20). The number of thiocarbonyl (C=S) groups is 1. The Bertz CT molecular complexity index is 604. The van der Waals surface area contributed by atoms with Crippen LogP contribution in [0.1, 0.15) is 6.92 Å². The minimum absolute atomic E-state index is 0.0700. The number of hydrogen-bond acceptors (Lipinski definition) is 1. The number of nitrogens with one attached hydrogen (secondary N) is 1. The third-order valence-corrected chi connectivity index (χ3v) is 3.41. The lowest BCUT2D eigenvalue weighted by Crippen LogP contribution is -2.34. The van der Waals surface area contributed by atoms with Crippen LogP contribution in [0, 0.1) is 5.82 Å². The van der Waals surface area contributed by atoms with E-state index in [2.05, 4.69) is 5.32 Å². The van der Waals surface area contributed by atoms with E-state index < -0.39 is 5.82 Å². The van der Waals surface area contributed by atoms with Crippen LogP contribution in [0.4, 0.5) is 15.8 Å². The Labute approximate surface area is 128 Å². The zero-order valence-corrected chi connectivity index (χ0v) is 12.5. The fourth-order valence-corrected chi connectivity index (χ4v) is 2.35. The van der Waals surface area contributed by atoms with Gasteiger partial charge in [-0.25, -0.2) is 4.39 Å². The van der Waals surface area contributed by atoms with E-state index in [1.165, 1.54) is 12.1 Å². The van der Waals surface area contributed by atoms with Gasteiger partial charge in [0, 0.05) is 17.9 Å². The maximum atomic E-state index is 13.1. The SMILES string of the molecule is CCN(C(=S)Nc1ccc(F)c(Cl)c1)c1ccccc1. The molecule has 0 radical (unpaired) electrons. The fraction of sp³-hybridized carbons (Fsp3) is 0.133. The van der Waals surface area contributed by atoms with Gasteiger partial charge in [0.05, 0.1) is 5.02 Å². The Kier molecular flexibility index (Phi) is 4.93. The third-order valence-electron chi connectivity index (χ3n) is 2.80. The topological polar surface area (TPSA) is 15.3 Å². The molecule has 2 aromatic carbocycles. The van der Waals surface area contributed by atoms with Crippen LogP contribution in [0.15, 0.2) is 48.5 Å². The van der Waals surface area contributed by atoms with Crippen molar-refractivity contribution in [2.75, 3.05) is 16.8 Å². The fourth-order valence-electron chi connectivity index (χ4n) is 1.82. The number of nitrogens with zero attached hydrogens (tertiary/aromatic N) is 1. The van der Waals surface area contributed by atoms with Crippen LogP contribution < -0.4 is 10.2 Å². The largest absolute Gasteiger partial charge is 0.332 e. The van der Waals surface area contributed by atoms with Crippen molar-refractivity contribution in [1.82, 2.24) is 0 Å². The van der Waals surface area contributed by atoms with Crippen molar-refractivity contribution in [1.29, 1.82) is 0 Å². The second-order valence-corrected chi connectivity index (χ2v) is 4.93. The lowest BCUT2D eigenvalue weighted by Gasteiger charge is -2.24. The molecular weight excluding hydrogens is 295 g/mol. The van der Waals surface area contributed by atoms with Gasteiger partial charge in [0.25, 0.3) is 0 Å². The predicted molar refractivity (Wildman–Crippen MR) is 87.1 cm³/mol. The molecular formula is C15H14ClFN2S. The molecule has 2 nitrogen and oxygen atoms in total. The molecule has 0 aliphatic carbocycles. The Balaban J connectivity index is 2.15. The predicted octanol–water partition coefficient (Wildman–Crippen LogP) is 4.70. The molecule has 2 rings (SSSR count). The molecule has 0 atom stereocenters. The summed E-state index contributed by atoms with van der Waals surface area (Å²) in [6.45, 7) is 2.74. The molecule has 1 N–H and O–H groups in total. The molecule has 0 bridgehead atoms. The zero-order chi connectivity index (χ0) is 14.5. The number of halogens is 2. The summed E-state index contributed by atoms with van der Waals surface area (Å²) in [6.07, 6.45) is 0. The monoisotopic (exact) mass is 308 g/mol. The highest BCUT2D eigenvalue weighted by Crippen LogP contribution is 2.21. The van der Waals surface area contributed by atoms with E-state index in [0.29, 0.717) is 10.8 Å². The second-order valence-electron chi connectivity index (χ2n) is 4.14. The van der Waals surface area contributed by atoms with Crippen molar-refractivity contribution < 1.29 is 4.39 Å². The first kappa shape index (κ1) is 14.8. The van der Waals surface area contributed by atoms with Crippen molar-refractivity contribution in [2.24, 2.45) is 0 Å². The van der Waals surface area contributed by atoms with Crippen molar-refractivity contribution in [3.05, 3.63) is 59.4 Å². The van der Waals surface area contributed by atoms with Crippen molar-refractivity contribution in [3.63, 3.8) is 0 Å². The average molecular weight is 309 g/mol. The molecule has 0 amide bonds. The Hall–Kier alpha value is -1.65. The molecule has 0 saturated carbocycles. The average Bonchev–Trinajstić information content (AvgIpc) is 2.45. The highest BCUT2D eigenvalue weighted by molar-refractivity contribution is 7.80. The Morgan fingerprint density at radius 1 is 1.25 bits per heavy atom. The van der Waals surface area contributed by atoms with Gasteiger partial charge >= 0.3 is 0 Å². The van der Waals surface area contributed by atoms with Crippen molar-refractivity contribution in [2.45, 2.75) is 6.92 Å². The zero-order valence-electron chi connectivity index (χ0n) is 10.9. The number of benzene rings is 2. The lowest BCUT2D eigenvalue weighted by molar-refractivity contribution is 0.628. The van der Waals surface area contributed by atoms with E-state index in [0.717, 1.165) is 12.2 Å². The van der Waals surface area contributed by atoms with Gasteiger partial charge in [-0.2, -0.15) is 0 Å². The normalized spacial score (nSPS) is 10.2. The molecule has 104 valence electrons.